The summed E-state index contributed by atoms with van der Waals surface area (Å²) in [5.41, 5.74) is -1.32. The number of phosphoric ester groups is 1. The van der Waals surface area contributed by atoms with Crippen LogP contribution in [0.25, 0.3) is 0 Å². The van der Waals surface area contributed by atoms with Crippen molar-refractivity contribution in [3.63, 3.8) is 0 Å². The van der Waals surface area contributed by atoms with Crippen LogP contribution in [0, 0.1) is 3.57 Å². The van der Waals surface area contributed by atoms with Gasteiger partial charge in [-0.25, -0.2) is 9.36 Å². The standard InChI is InChI=1S/C8H10IN2O8P/c9-3-2-11(8(14)10-6(3)13)5-1-4(12)7(18-5)19-20(15,16)17/h2,4-5,7,12H,1H2,(H,10,13,14)(H2,15,16,17)/t4-,5+,7+/m0/s1. The highest BCUT2D eigenvalue weighted by atomic mass is 127. The zero-order chi connectivity index (χ0) is 15.1. The summed E-state index contributed by atoms with van der Waals surface area (Å²) in [6.45, 7) is 0. The van der Waals surface area contributed by atoms with Crippen LogP contribution in [-0.2, 0) is 13.8 Å². The number of aromatic nitrogens is 2. The van der Waals surface area contributed by atoms with Gasteiger partial charge in [-0.1, -0.05) is 0 Å². The summed E-state index contributed by atoms with van der Waals surface area (Å²) in [5.74, 6) is 0. The van der Waals surface area contributed by atoms with Gasteiger partial charge in [0, 0.05) is 12.6 Å². The summed E-state index contributed by atoms with van der Waals surface area (Å²) >= 11 is 1.71. The van der Waals surface area contributed by atoms with Crippen molar-refractivity contribution in [1.29, 1.82) is 0 Å². The molecule has 3 atom stereocenters. The number of ether oxygens (including phenoxy) is 1. The summed E-state index contributed by atoms with van der Waals surface area (Å²) in [6, 6.07) is 0. The van der Waals surface area contributed by atoms with Crippen molar-refractivity contribution in [2.24, 2.45) is 0 Å². The number of halogens is 1. The predicted molar refractivity (Wildman–Crippen MR) is 71.7 cm³/mol. The lowest BCUT2D eigenvalue weighted by Crippen LogP contribution is -2.33. The van der Waals surface area contributed by atoms with Crippen molar-refractivity contribution in [1.82, 2.24) is 9.55 Å². The third-order valence-electron chi connectivity index (χ3n) is 2.52. The number of phosphoric acid groups is 1. The second kappa shape index (κ2) is 5.67. The number of rotatable bonds is 3. The van der Waals surface area contributed by atoms with E-state index in [4.69, 9.17) is 14.5 Å². The summed E-state index contributed by atoms with van der Waals surface area (Å²) in [5, 5.41) is 9.62. The number of hydrogen-bond donors (Lipinski definition) is 4. The molecule has 1 aromatic rings. The van der Waals surface area contributed by atoms with Crippen molar-refractivity contribution in [2.45, 2.75) is 25.0 Å². The smallest absolute Gasteiger partial charge is 0.388 e. The average molecular weight is 420 g/mol. The van der Waals surface area contributed by atoms with Crippen molar-refractivity contribution in [3.8, 4) is 0 Å². The number of aliphatic hydroxyl groups excluding tert-OH is 1. The zero-order valence-corrected chi connectivity index (χ0v) is 12.7. The van der Waals surface area contributed by atoms with Crippen LogP contribution in [-0.4, -0.2) is 36.8 Å². The van der Waals surface area contributed by atoms with Gasteiger partial charge in [0.15, 0.2) is 6.29 Å². The molecule has 1 fully saturated rings. The van der Waals surface area contributed by atoms with Gasteiger partial charge in [0.05, 0.1) is 3.57 Å². The largest absolute Gasteiger partial charge is 0.472 e. The van der Waals surface area contributed by atoms with E-state index in [0.717, 1.165) is 4.57 Å². The van der Waals surface area contributed by atoms with Gasteiger partial charge in [0.25, 0.3) is 5.56 Å². The Labute approximate surface area is 124 Å². The molecule has 2 heterocycles. The number of aromatic amines is 1. The number of H-pyrrole nitrogens is 1. The van der Waals surface area contributed by atoms with Crippen LogP contribution >= 0.6 is 30.4 Å². The summed E-state index contributed by atoms with van der Waals surface area (Å²) < 4.78 is 21.3. The van der Waals surface area contributed by atoms with Crippen LogP contribution in [0.15, 0.2) is 15.8 Å². The Balaban J connectivity index is 2.25. The van der Waals surface area contributed by atoms with E-state index in [0.29, 0.717) is 0 Å². The van der Waals surface area contributed by atoms with Crippen molar-refractivity contribution < 1.29 is 28.7 Å². The molecule has 0 amide bonds. The summed E-state index contributed by atoms with van der Waals surface area (Å²) in [6.07, 6.45) is -2.77. The Morgan fingerprint density at radius 3 is 2.75 bits per heavy atom. The fourth-order valence-electron chi connectivity index (χ4n) is 1.70. The normalized spacial score (nSPS) is 26.9. The first-order valence-electron chi connectivity index (χ1n) is 5.26. The molecule has 1 aliphatic heterocycles. The minimum atomic E-state index is -4.83. The molecular weight excluding hydrogens is 410 g/mol. The molecule has 1 aliphatic rings. The van der Waals surface area contributed by atoms with Crippen LogP contribution in [0.5, 0.6) is 0 Å². The first-order chi connectivity index (χ1) is 9.17. The third kappa shape index (κ3) is 3.55. The molecule has 20 heavy (non-hydrogen) atoms. The van der Waals surface area contributed by atoms with E-state index in [1.54, 1.807) is 22.6 Å². The second-order valence-electron chi connectivity index (χ2n) is 4.00. The molecule has 10 nitrogen and oxygen atoms in total. The second-order valence-corrected chi connectivity index (χ2v) is 6.36. The van der Waals surface area contributed by atoms with Crippen LogP contribution in [0.4, 0.5) is 0 Å². The number of nitrogens with zero attached hydrogens (tertiary/aromatic N) is 1. The third-order valence-corrected chi connectivity index (χ3v) is 3.78. The van der Waals surface area contributed by atoms with E-state index in [1.807, 2.05) is 0 Å². The predicted octanol–water partition coefficient (Wildman–Crippen LogP) is -1.14. The summed E-state index contributed by atoms with van der Waals surface area (Å²) in [4.78, 5) is 42.2. The Kier molecular flexibility index (Phi) is 4.49. The SMILES string of the molecule is O=c1[nH]c(=O)n([C@H]2C[C@H](O)[C@@H](OP(=O)(O)O)O2)cc1I. The fraction of sp³-hybridized carbons (Fsp3) is 0.500. The molecule has 12 heteroatoms. The van der Waals surface area contributed by atoms with Gasteiger partial charge in [-0.3, -0.25) is 18.9 Å². The molecule has 2 rings (SSSR count). The molecule has 0 bridgehead atoms. The zero-order valence-electron chi connectivity index (χ0n) is 9.67. The monoisotopic (exact) mass is 420 g/mol. The van der Waals surface area contributed by atoms with Crippen LogP contribution in [0.2, 0.25) is 0 Å². The van der Waals surface area contributed by atoms with Gasteiger partial charge in [0.1, 0.15) is 12.3 Å². The van der Waals surface area contributed by atoms with Crippen molar-refractivity contribution in [2.75, 3.05) is 0 Å². The van der Waals surface area contributed by atoms with E-state index in [2.05, 4.69) is 9.51 Å². The molecule has 4 N–H and O–H groups in total. The van der Waals surface area contributed by atoms with Gasteiger partial charge >= 0.3 is 13.5 Å². The van der Waals surface area contributed by atoms with E-state index < -0.39 is 37.7 Å². The van der Waals surface area contributed by atoms with Crippen molar-refractivity contribution >= 4 is 30.4 Å². The van der Waals surface area contributed by atoms with E-state index >= 15 is 0 Å². The molecule has 0 spiro atoms. The van der Waals surface area contributed by atoms with E-state index in [-0.39, 0.29) is 9.99 Å². The van der Waals surface area contributed by atoms with Gasteiger partial charge in [-0.15, -0.1) is 0 Å². The Hall–Kier alpha value is -0.560. The minimum absolute atomic E-state index is 0.118. The average Bonchev–Trinajstić information content (AvgIpc) is 2.63. The summed E-state index contributed by atoms with van der Waals surface area (Å²) in [7, 11) is -4.83. The van der Waals surface area contributed by atoms with Crippen LogP contribution in [0.1, 0.15) is 12.6 Å². The lowest BCUT2D eigenvalue weighted by atomic mass is 10.2. The molecule has 1 aromatic heterocycles. The maximum atomic E-state index is 11.6. The first-order valence-corrected chi connectivity index (χ1v) is 7.87. The lowest BCUT2D eigenvalue weighted by molar-refractivity contribution is -0.135. The highest BCUT2D eigenvalue weighted by Gasteiger charge is 2.40. The first kappa shape index (κ1) is 15.8. The quantitative estimate of drug-likeness (QED) is 0.354. The number of hydrogen-bond acceptors (Lipinski definition) is 6. The molecule has 0 saturated carbocycles. The lowest BCUT2D eigenvalue weighted by Gasteiger charge is -2.16. The van der Waals surface area contributed by atoms with Gasteiger partial charge in [-0.2, -0.15) is 0 Å². The van der Waals surface area contributed by atoms with E-state index in [9.17, 15) is 19.3 Å². The Bertz CT molecular complexity index is 665. The van der Waals surface area contributed by atoms with Gasteiger partial charge < -0.3 is 19.6 Å². The van der Waals surface area contributed by atoms with Crippen LogP contribution in [0.3, 0.4) is 0 Å². The topological polar surface area (TPSA) is 151 Å². The molecule has 0 radical (unpaired) electrons. The minimum Gasteiger partial charge on any atom is -0.388 e. The Morgan fingerprint density at radius 2 is 2.15 bits per heavy atom. The Morgan fingerprint density at radius 1 is 1.50 bits per heavy atom. The number of aliphatic hydroxyl groups is 1. The molecule has 0 unspecified atom stereocenters. The van der Waals surface area contributed by atoms with Crippen molar-refractivity contribution in [3.05, 3.63) is 30.6 Å². The van der Waals surface area contributed by atoms with Gasteiger partial charge in [0.2, 0.25) is 0 Å². The molecule has 112 valence electrons. The maximum Gasteiger partial charge on any atom is 0.472 e. The maximum absolute atomic E-state index is 11.6. The molecular formula is C8H10IN2O8P. The van der Waals surface area contributed by atoms with Gasteiger partial charge in [-0.05, 0) is 22.6 Å². The molecule has 0 aliphatic carbocycles. The molecule has 1 saturated heterocycles. The van der Waals surface area contributed by atoms with Crippen LogP contribution < -0.4 is 11.2 Å². The number of nitrogens with one attached hydrogen (secondary N) is 1. The highest BCUT2D eigenvalue weighted by Crippen LogP contribution is 2.42. The molecule has 0 aromatic carbocycles. The fourth-order valence-corrected chi connectivity index (χ4v) is 2.60. The highest BCUT2D eigenvalue weighted by molar-refractivity contribution is 14.1. The van der Waals surface area contributed by atoms with E-state index in [1.165, 1.54) is 6.20 Å².